The second-order valence-corrected chi connectivity index (χ2v) is 3.69. The molecule has 92 valence electrons. The average molecular weight is 230 g/mol. The van der Waals surface area contributed by atoms with E-state index in [-0.39, 0.29) is 24.5 Å². The molecule has 1 fully saturated rings. The molecule has 0 aromatic carbocycles. The minimum absolute atomic E-state index is 0.0117. The largest absolute Gasteiger partial charge is 0.374 e. The summed E-state index contributed by atoms with van der Waals surface area (Å²) in [4.78, 5) is 23.9. The van der Waals surface area contributed by atoms with E-state index in [1.54, 1.807) is 0 Å². The van der Waals surface area contributed by atoms with E-state index >= 15 is 0 Å². The topological polar surface area (TPSA) is 96.7 Å². The van der Waals surface area contributed by atoms with E-state index in [2.05, 4.69) is 10.9 Å². The SMILES string of the molecule is CC(=O)NNC(=O)CN1CCOC(CN)C1. The number of nitrogens with zero attached hydrogens (tertiary/aromatic N) is 1. The number of carbonyl (C=O) groups excluding carboxylic acids is 2. The van der Waals surface area contributed by atoms with Crippen molar-refractivity contribution >= 4 is 11.8 Å². The van der Waals surface area contributed by atoms with E-state index in [4.69, 9.17) is 10.5 Å². The monoisotopic (exact) mass is 230 g/mol. The van der Waals surface area contributed by atoms with Crippen LogP contribution in [0.2, 0.25) is 0 Å². The van der Waals surface area contributed by atoms with Gasteiger partial charge in [0.1, 0.15) is 0 Å². The minimum Gasteiger partial charge on any atom is -0.374 e. The summed E-state index contributed by atoms with van der Waals surface area (Å²) >= 11 is 0. The molecule has 0 saturated carbocycles. The first-order chi connectivity index (χ1) is 7.61. The number of nitrogens with two attached hydrogens (primary N) is 1. The van der Waals surface area contributed by atoms with Crippen molar-refractivity contribution in [3.05, 3.63) is 0 Å². The number of ether oxygens (including phenoxy) is 1. The Labute approximate surface area is 94.3 Å². The van der Waals surface area contributed by atoms with Crippen LogP contribution in [0.4, 0.5) is 0 Å². The van der Waals surface area contributed by atoms with Gasteiger partial charge in [0.25, 0.3) is 5.91 Å². The van der Waals surface area contributed by atoms with E-state index in [0.29, 0.717) is 26.2 Å². The Morgan fingerprint density at radius 1 is 1.50 bits per heavy atom. The van der Waals surface area contributed by atoms with Crippen molar-refractivity contribution in [2.45, 2.75) is 13.0 Å². The molecule has 0 spiro atoms. The molecule has 7 heteroatoms. The zero-order valence-electron chi connectivity index (χ0n) is 9.36. The number of carbonyl (C=O) groups is 2. The molecular weight excluding hydrogens is 212 g/mol. The molecule has 0 bridgehead atoms. The zero-order chi connectivity index (χ0) is 12.0. The number of amides is 2. The average Bonchev–Trinajstić information content (AvgIpc) is 2.26. The highest BCUT2D eigenvalue weighted by Crippen LogP contribution is 2.02. The number of hydrogen-bond acceptors (Lipinski definition) is 5. The van der Waals surface area contributed by atoms with Crippen molar-refractivity contribution in [2.75, 3.05) is 32.8 Å². The number of morpholine rings is 1. The maximum atomic E-state index is 11.4. The molecule has 0 aromatic rings. The van der Waals surface area contributed by atoms with Gasteiger partial charge in [-0.15, -0.1) is 0 Å². The van der Waals surface area contributed by atoms with Crippen LogP contribution in [0.5, 0.6) is 0 Å². The maximum Gasteiger partial charge on any atom is 0.252 e. The van der Waals surface area contributed by atoms with Gasteiger partial charge < -0.3 is 10.5 Å². The van der Waals surface area contributed by atoms with Crippen LogP contribution in [0.1, 0.15) is 6.92 Å². The first-order valence-corrected chi connectivity index (χ1v) is 5.21. The van der Waals surface area contributed by atoms with Crippen molar-refractivity contribution in [3.63, 3.8) is 0 Å². The summed E-state index contributed by atoms with van der Waals surface area (Å²) in [7, 11) is 0. The lowest BCUT2D eigenvalue weighted by atomic mass is 10.2. The number of nitrogens with one attached hydrogen (secondary N) is 2. The molecule has 1 heterocycles. The first kappa shape index (κ1) is 12.9. The van der Waals surface area contributed by atoms with Crippen LogP contribution in [-0.4, -0.2) is 55.6 Å². The van der Waals surface area contributed by atoms with Gasteiger partial charge in [0.05, 0.1) is 19.3 Å². The van der Waals surface area contributed by atoms with Crippen LogP contribution in [0.3, 0.4) is 0 Å². The zero-order valence-corrected chi connectivity index (χ0v) is 9.36. The van der Waals surface area contributed by atoms with Crippen molar-refractivity contribution in [2.24, 2.45) is 5.73 Å². The van der Waals surface area contributed by atoms with Gasteiger partial charge in [0.15, 0.2) is 0 Å². The van der Waals surface area contributed by atoms with Crippen molar-refractivity contribution < 1.29 is 14.3 Å². The number of rotatable bonds is 3. The van der Waals surface area contributed by atoms with E-state index < -0.39 is 0 Å². The normalized spacial score (nSPS) is 21.5. The molecule has 0 aliphatic carbocycles. The number of hydrazine groups is 1. The van der Waals surface area contributed by atoms with E-state index in [9.17, 15) is 9.59 Å². The van der Waals surface area contributed by atoms with Gasteiger partial charge in [-0.1, -0.05) is 0 Å². The summed E-state index contributed by atoms with van der Waals surface area (Å²) < 4.78 is 5.37. The van der Waals surface area contributed by atoms with Crippen LogP contribution in [0, 0.1) is 0 Å². The summed E-state index contributed by atoms with van der Waals surface area (Å²) in [6.45, 7) is 3.94. The number of hydrogen-bond donors (Lipinski definition) is 3. The van der Waals surface area contributed by atoms with Crippen LogP contribution >= 0.6 is 0 Å². The highest BCUT2D eigenvalue weighted by Gasteiger charge is 2.20. The molecule has 1 atom stereocenters. The van der Waals surface area contributed by atoms with Gasteiger partial charge in [0, 0.05) is 26.6 Å². The van der Waals surface area contributed by atoms with Gasteiger partial charge in [0.2, 0.25) is 5.91 Å². The molecular formula is C9H18N4O3. The Hall–Kier alpha value is -1.18. The summed E-state index contributed by atoms with van der Waals surface area (Å²) in [6.07, 6.45) is -0.0117. The summed E-state index contributed by atoms with van der Waals surface area (Å²) in [5.41, 5.74) is 10.0. The summed E-state index contributed by atoms with van der Waals surface area (Å²) in [6, 6.07) is 0. The predicted octanol–water partition coefficient (Wildman–Crippen LogP) is -2.19. The molecule has 0 radical (unpaired) electrons. The van der Waals surface area contributed by atoms with Crippen LogP contribution in [-0.2, 0) is 14.3 Å². The molecule has 4 N–H and O–H groups in total. The molecule has 7 nitrogen and oxygen atoms in total. The lowest BCUT2D eigenvalue weighted by Gasteiger charge is -2.31. The third kappa shape index (κ3) is 4.56. The highest BCUT2D eigenvalue weighted by molar-refractivity contribution is 5.81. The van der Waals surface area contributed by atoms with Crippen LogP contribution < -0.4 is 16.6 Å². The first-order valence-electron chi connectivity index (χ1n) is 5.21. The molecule has 2 amide bonds. The smallest absolute Gasteiger partial charge is 0.252 e. The van der Waals surface area contributed by atoms with Crippen LogP contribution in [0.15, 0.2) is 0 Å². The fourth-order valence-electron chi connectivity index (χ4n) is 1.47. The molecule has 1 aliphatic heterocycles. The lowest BCUT2D eigenvalue weighted by molar-refractivity contribution is -0.129. The fourth-order valence-corrected chi connectivity index (χ4v) is 1.47. The standard InChI is InChI=1S/C9H18N4O3/c1-7(14)11-12-9(15)6-13-2-3-16-8(4-10)5-13/h8H,2-6,10H2,1H3,(H,11,14)(H,12,15). The Kier molecular flexibility index (Phi) is 5.17. The second-order valence-electron chi connectivity index (χ2n) is 3.69. The fraction of sp³-hybridized carbons (Fsp3) is 0.778. The third-order valence-electron chi connectivity index (χ3n) is 2.23. The van der Waals surface area contributed by atoms with Crippen molar-refractivity contribution in [3.8, 4) is 0 Å². The summed E-state index contributed by atoms with van der Waals surface area (Å²) in [5, 5.41) is 0. The quantitative estimate of drug-likeness (QED) is 0.479. The van der Waals surface area contributed by atoms with Crippen molar-refractivity contribution in [1.29, 1.82) is 0 Å². The van der Waals surface area contributed by atoms with Gasteiger partial charge in [-0.2, -0.15) is 0 Å². The van der Waals surface area contributed by atoms with Crippen LogP contribution in [0.25, 0.3) is 0 Å². The molecule has 1 rings (SSSR count). The molecule has 1 saturated heterocycles. The molecule has 0 aromatic heterocycles. The second kappa shape index (κ2) is 6.41. The predicted molar refractivity (Wildman–Crippen MR) is 57.2 cm³/mol. The third-order valence-corrected chi connectivity index (χ3v) is 2.23. The van der Waals surface area contributed by atoms with Crippen molar-refractivity contribution in [1.82, 2.24) is 15.8 Å². The van der Waals surface area contributed by atoms with E-state index in [1.165, 1.54) is 6.92 Å². The molecule has 16 heavy (non-hydrogen) atoms. The molecule has 1 aliphatic rings. The Morgan fingerprint density at radius 2 is 2.25 bits per heavy atom. The Morgan fingerprint density at radius 3 is 2.88 bits per heavy atom. The van der Waals surface area contributed by atoms with Gasteiger partial charge >= 0.3 is 0 Å². The highest BCUT2D eigenvalue weighted by atomic mass is 16.5. The minimum atomic E-state index is -0.296. The Bertz CT molecular complexity index is 259. The Balaban J connectivity index is 2.25. The maximum absolute atomic E-state index is 11.4. The molecule has 1 unspecified atom stereocenters. The van der Waals surface area contributed by atoms with E-state index in [1.807, 2.05) is 4.90 Å². The van der Waals surface area contributed by atoms with Gasteiger partial charge in [-0.05, 0) is 0 Å². The van der Waals surface area contributed by atoms with Gasteiger partial charge in [-0.3, -0.25) is 25.3 Å². The lowest BCUT2D eigenvalue weighted by Crippen LogP contribution is -2.51. The van der Waals surface area contributed by atoms with E-state index in [0.717, 1.165) is 0 Å². The van der Waals surface area contributed by atoms with Gasteiger partial charge in [-0.25, -0.2) is 0 Å². The summed E-state index contributed by atoms with van der Waals surface area (Å²) in [5.74, 6) is -0.539.